The minimum absolute atomic E-state index is 0.431. The molecule has 0 radical (unpaired) electrons. The Kier molecular flexibility index (Phi) is 3.84. The maximum Gasteiger partial charge on any atom is 0.145 e. The smallest absolute Gasteiger partial charge is 0.145 e. The standard InChI is InChI=1S/C16H17N3OS/c1-12-17-18-16(19(12)2)11-21(20)10-14-8-5-7-13-6-3-4-9-15(13)14/h3-9H,10-11H2,1-2H3/t21-/m1/s1. The molecular formula is C16H17N3OS. The Morgan fingerprint density at radius 3 is 2.57 bits per heavy atom. The number of aromatic nitrogens is 3. The second-order valence-corrected chi connectivity index (χ2v) is 6.55. The maximum atomic E-state index is 12.4. The van der Waals surface area contributed by atoms with E-state index in [1.807, 2.05) is 42.8 Å². The molecule has 0 aliphatic rings. The van der Waals surface area contributed by atoms with Crippen molar-refractivity contribution < 1.29 is 4.21 Å². The lowest BCUT2D eigenvalue weighted by Gasteiger charge is -2.07. The molecule has 1 heterocycles. The van der Waals surface area contributed by atoms with Crippen molar-refractivity contribution in [2.45, 2.75) is 18.4 Å². The normalized spacial score (nSPS) is 12.7. The Hall–Kier alpha value is -2.01. The summed E-state index contributed by atoms with van der Waals surface area (Å²) in [5.74, 6) is 2.58. The van der Waals surface area contributed by atoms with Crippen LogP contribution in [0, 0.1) is 6.92 Å². The number of hydrogen-bond acceptors (Lipinski definition) is 3. The van der Waals surface area contributed by atoms with Gasteiger partial charge in [0.25, 0.3) is 0 Å². The van der Waals surface area contributed by atoms with E-state index in [9.17, 15) is 4.21 Å². The predicted molar refractivity (Wildman–Crippen MR) is 85.2 cm³/mol. The van der Waals surface area contributed by atoms with Crippen molar-refractivity contribution in [2.24, 2.45) is 7.05 Å². The molecule has 0 bridgehead atoms. The quantitative estimate of drug-likeness (QED) is 0.744. The topological polar surface area (TPSA) is 47.8 Å². The van der Waals surface area contributed by atoms with E-state index in [0.717, 1.165) is 17.2 Å². The Bertz CT molecular complexity index is 805. The van der Waals surface area contributed by atoms with Gasteiger partial charge in [-0.3, -0.25) is 4.21 Å². The van der Waals surface area contributed by atoms with Crippen LogP contribution in [0.4, 0.5) is 0 Å². The first-order valence-electron chi connectivity index (χ1n) is 6.81. The van der Waals surface area contributed by atoms with Crippen molar-refractivity contribution in [3.05, 3.63) is 59.7 Å². The van der Waals surface area contributed by atoms with Crippen molar-refractivity contribution in [1.82, 2.24) is 14.8 Å². The van der Waals surface area contributed by atoms with Gasteiger partial charge in [0, 0.05) is 23.6 Å². The largest absolute Gasteiger partial charge is 0.318 e. The van der Waals surface area contributed by atoms with Crippen molar-refractivity contribution in [3.8, 4) is 0 Å². The molecular weight excluding hydrogens is 282 g/mol. The lowest BCUT2D eigenvalue weighted by Crippen LogP contribution is -2.06. The molecule has 5 heteroatoms. The summed E-state index contributed by atoms with van der Waals surface area (Å²) in [6, 6.07) is 14.3. The van der Waals surface area contributed by atoms with Gasteiger partial charge in [0.1, 0.15) is 11.6 Å². The summed E-state index contributed by atoms with van der Waals surface area (Å²) in [6.45, 7) is 1.89. The second-order valence-electron chi connectivity index (χ2n) is 5.09. The predicted octanol–water partition coefficient (Wildman–Crippen LogP) is 2.73. The summed E-state index contributed by atoms with van der Waals surface area (Å²) in [6.07, 6.45) is 0. The van der Waals surface area contributed by atoms with Gasteiger partial charge < -0.3 is 4.57 Å². The summed E-state index contributed by atoms with van der Waals surface area (Å²) in [5.41, 5.74) is 1.12. The number of fused-ring (bicyclic) bond motifs is 1. The third-order valence-electron chi connectivity index (χ3n) is 3.67. The van der Waals surface area contributed by atoms with E-state index in [4.69, 9.17) is 0 Å². The molecule has 3 aromatic rings. The summed E-state index contributed by atoms with van der Waals surface area (Å²) in [4.78, 5) is 0. The summed E-state index contributed by atoms with van der Waals surface area (Å²) < 4.78 is 14.3. The number of rotatable bonds is 4. The minimum Gasteiger partial charge on any atom is -0.318 e. The van der Waals surface area contributed by atoms with E-state index in [2.05, 4.69) is 28.4 Å². The van der Waals surface area contributed by atoms with E-state index in [1.165, 1.54) is 10.8 Å². The summed E-state index contributed by atoms with van der Waals surface area (Å²) >= 11 is 0. The Labute approximate surface area is 126 Å². The van der Waals surface area contributed by atoms with Crippen LogP contribution in [0.25, 0.3) is 10.8 Å². The zero-order valence-electron chi connectivity index (χ0n) is 12.1. The van der Waals surface area contributed by atoms with Crippen LogP contribution in [-0.2, 0) is 29.4 Å². The molecule has 0 aliphatic heterocycles. The number of aryl methyl sites for hydroxylation is 1. The molecule has 4 nitrogen and oxygen atoms in total. The highest BCUT2D eigenvalue weighted by Gasteiger charge is 2.11. The van der Waals surface area contributed by atoms with Crippen LogP contribution in [0.5, 0.6) is 0 Å². The highest BCUT2D eigenvalue weighted by molar-refractivity contribution is 7.83. The number of hydrogen-bond donors (Lipinski definition) is 0. The summed E-state index contributed by atoms with van der Waals surface area (Å²) in [7, 11) is 0.904. The number of benzene rings is 2. The van der Waals surface area contributed by atoms with Crippen molar-refractivity contribution in [2.75, 3.05) is 0 Å². The Balaban J connectivity index is 1.82. The molecule has 0 spiro atoms. The van der Waals surface area contributed by atoms with Crippen LogP contribution in [0.2, 0.25) is 0 Å². The molecule has 0 unspecified atom stereocenters. The average Bonchev–Trinajstić information content (AvgIpc) is 2.80. The third-order valence-corrected chi connectivity index (χ3v) is 4.88. The molecule has 3 rings (SSSR count). The molecule has 0 fully saturated rings. The van der Waals surface area contributed by atoms with E-state index in [1.54, 1.807) is 0 Å². The van der Waals surface area contributed by atoms with Gasteiger partial charge in [0.15, 0.2) is 0 Å². The first-order valence-corrected chi connectivity index (χ1v) is 8.30. The Morgan fingerprint density at radius 1 is 1.05 bits per heavy atom. The zero-order valence-corrected chi connectivity index (χ0v) is 12.9. The first-order chi connectivity index (χ1) is 10.1. The first kappa shape index (κ1) is 13.9. The van der Waals surface area contributed by atoms with Gasteiger partial charge in [-0.2, -0.15) is 0 Å². The fourth-order valence-electron chi connectivity index (χ4n) is 2.36. The maximum absolute atomic E-state index is 12.4. The van der Waals surface area contributed by atoms with Crippen LogP contribution in [-0.4, -0.2) is 19.0 Å². The monoisotopic (exact) mass is 299 g/mol. The summed E-state index contributed by atoms with van der Waals surface area (Å²) in [5, 5.41) is 10.4. The lowest BCUT2D eigenvalue weighted by atomic mass is 10.1. The van der Waals surface area contributed by atoms with Gasteiger partial charge in [-0.05, 0) is 23.3 Å². The zero-order chi connectivity index (χ0) is 14.8. The van der Waals surface area contributed by atoms with Crippen molar-refractivity contribution >= 4 is 21.6 Å². The molecule has 0 aliphatic carbocycles. The molecule has 1 atom stereocenters. The van der Waals surface area contributed by atoms with Gasteiger partial charge in [0.2, 0.25) is 0 Å². The lowest BCUT2D eigenvalue weighted by molar-refractivity contribution is 0.679. The van der Waals surface area contributed by atoms with Gasteiger partial charge in [-0.25, -0.2) is 0 Å². The highest BCUT2D eigenvalue weighted by atomic mass is 32.2. The SMILES string of the molecule is Cc1nnc(C[S@](=O)Cc2cccc3ccccc23)n1C. The van der Waals surface area contributed by atoms with Crippen LogP contribution in [0.3, 0.4) is 0 Å². The fourth-order valence-corrected chi connectivity index (χ4v) is 3.60. The molecule has 1 aromatic heterocycles. The highest BCUT2D eigenvalue weighted by Crippen LogP contribution is 2.20. The van der Waals surface area contributed by atoms with E-state index < -0.39 is 10.8 Å². The molecule has 108 valence electrons. The molecule has 0 saturated carbocycles. The van der Waals surface area contributed by atoms with Crippen LogP contribution < -0.4 is 0 Å². The third kappa shape index (κ3) is 2.88. The van der Waals surface area contributed by atoms with E-state index in [0.29, 0.717) is 11.5 Å². The molecule has 0 N–H and O–H groups in total. The van der Waals surface area contributed by atoms with E-state index in [-0.39, 0.29) is 0 Å². The van der Waals surface area contributed by atoms with Gasteiger partial charge in [-0.1, -0.05) is 42.5 Å². The molecule has 21 heavy (non-hydrogen) atoms. The van der Waals surface area contributed by atoms with Crippen molar-refractivity contribution in [1.29, 1.82) is 0 Å². The minimum atomic E-state index is -0.998. The Morgan fingerprint density at radius 2 is 1.81 bits per heavy atom. The second kappa shape index (κ2) is 5.77. The molecule has 2 aromatic carbocycles. The molecule has 0 amide bonds. The van der Waals surface area contributed by atoms with Gasteiger partial charge >= 0.3 is 0 Å². The molecule has 0 saturated heterocycles. The fraction of sp³-hybridized carbons (Fsp3) is 0.250. The number of nitrogens with zero attached hydrogens (tertiary/aromatic N) is 3. The van der Waals surface area contributed by atoms with Crippen LogP contribution >= 0.6 is 0 Å². The van der Waals surface area contributed by atoms with Crippen LogP contribution in [0.15, 0.2) is 42.5 Å². The van der Waals surface area contributed by atoms with Crippen molar-refractivity contribution in [3.63, 3.8) is 0 Å². The van der Waals surface area contributed by atoms with Gasteiger partial charge in [0.05, 0.1) is 5.75 Å². The van der Waals surface area contributed by atoms with E-state index >= 15 is 0 Å². The van der Waals surface area contributed by atoms with Crippen LogP contribution in [0.1, 0.15) is 17.2 Å². The van der Waals surface area contributed by atoms with Gasteiger partial charge in [-0.15, -0.1) is 10.2 Å². The average molecular weight is 299 g/mol.